The minimum absolute atomic E-state index is 0.284. The van der Waals surface area contributed by atoms with E-state index in [0.717, 1.165) is 36.7 Å². The third-order valence-corrected chi connectivity index (χ3v) is 5.70. The zero-order chi connectivity index (χ0) is 20.9. The Labute approximate surface area is 174 Å². The molecule has 3 aromatic rings. The van der Waals surface area contributed by atoms with Crippen LogP contribution < -0.4 is 4.74 Å². The lowest BCUT2D eigenvalue weighted by atomic mass is 9.93. The van der Waals surface area contributed by atoms with Crippen molar-refractivity contribution in [2.75, 3.05) is 6.61 Å². The molecule has 1 fully saturated rings. The molecule has 0 bridgehead atoms. The molecule has 1 aliphatic carbocycles. The standard InChI is InChI=1S/C21H24N8O/c1-3-15-7-14(13-30-20-12-24-16(9-22)10-26-20)8-17(15)21-28-27-19(29(21)2)11-25-18-5-4-6-23-18/h4-6,10-12,14-15,17,23H,3,7-8,13H2,1-2H3/b25-11-. The molecule has 0 radical (unpaired) electrons. The summed E-state index contributed by atoms with van der Waals surface area (Å²) in [5.41, 5.74) is 0.284. The lowest BCUT2D eigenvalue weighted by Gasteiger charge is -2.16. The summed E-state index contributed by atoms with van der Waals surface area (Å²) < 4.78 is 7.87. The molecule has 154 valence electrons. The molecule has 3 atom stereocenters. The first-order valence-electron chi connectivity index (χ1n) is 10.1. The Morgan fingerprint density at radius 2 is 2.23 bits per heavy atom. The van der Waals surface area contributed by atoms with Crippen LogP contribution in [0.3, 0.4) is 0 Å². The van der Waals surface area contributed by atoms with E-state index in [1.807, 2.05) is 36.0 Å². The molecule has 30 heavy (non-hydrogen) atoms. The fraction of sp³-hybridized carbons (Fsp3) is 0.429. The summed E-state index contributed by atoms with van der Waals surface area (Å²) in [4.78, 5) is 15.6. The van der Waals surface area contributed by atoms with Crippen LogP contribution in [0.25, 0.3) is 0 Å². The van der Waals surface area contributed by atoms with Crippen molar-refractivity contribution in [1.82, 2.24) is 29.7 Å². The highest BCUT2D eigenvalue weighted by Gasteiger charge is 2.37. The van der Waals surface area contributed by atoms with E-state index < -0.39 is 0 Å². The normalized spacial score (nSPS) is 21.2. The van der Waals surface area contributed by atoms with E-state index in [-0.39, 0.29) is 5.69 Å². The first kappa shape index (κ1) is 19.8. The van der Waals surface area contributed by atoms with Crippen LogP contribution in [0.5, 0.6) is 5.88 Å². The summed E-state index contributed by atoms with van der Waals surface area (Å²) >= 11 is 0. The molecule has 0 spiro atoms. The van der Waals surface area contributed by atoms with Gasteiger partial charge < -0.3 is 14.3 Å². The fourth-order valence-corrected chi connectivity index (χ4v) is 4.11. The average molecular weight is 404 g/mol. The van der Waals surface area contributed by atoms with Gasteiger partial charge in [0.2, 0.25) is 5.88 Å². The molecule has 4 rings (SSSR count). The van der Waals surface area contributed by atoms with E-state index in [1.54, 1.807) is 6.21 Å². The Morgan fingerprint density at radius 1 is 1.33 bits per heavy atom. The van der Waals surface area contributed by atoms with Crippen molar-refractivity contribution in [3.05, 3.63) is 48.1 Å². The lowest BCUT2D eigenvalue weighted by molar-refractivity contribution is 0.238. The molecule has 0 saturated heterocycles. The second-order valence-electron chi connectivity index (χ2n) is 7.56. The number of aliphatic imine (C=N–C) groups is 1. The number of H-pyrrole nitrogens is 1. The Bertz CT molecular complexity index is 1030. The molecule has 1 saturated carbocycles. The van der Waals surface area contributed by atoms with Crippen molar-refractivity contribution in [1.29, 1.82) is 5.26 Å². The van der Waals surface area contributed by atoms with E-state index in [2.05, 4.69) is 37.1 Å². The van der Waals surface area contributed by atoms with Gasteiger partial charge in [0.05, 0.1) is 25.2 Å². The SMILES string of the molecule is CCC1CC(COc2cnc(C#N)cn2)CC1c1nnc(/C=N\c2ccc[nH]2)n1C. The van der Waals surface area contributed by atoms with E-state index in [0.29, 0.717) is 30.2 Å². The third kappa shape index (κ3) is 4.22. The molecule has 9 heteroatoms. The van der Waals surface area contributed by atoms with Crippen molar-refractivity contribution >= 4 is 12.0 Å². The molecule has 0 aromatic carbocycles. The first-order valence-corrected chi connectivity index (χ1v) is 10.1. The molecule has 9 nitrogen and oxygen atoms in total. The van der Waals surface area contributed by atoms with E-state index in [1.165, 1.54) is 12.4 Å². The first-order chi connectivity index (χ1) is 14.7. The molecular formula is C21H24N8O. The predicted molar refractivity (Wildman–Crippen MR) is 111 cm³/mol. The minimum atomic E-state index is 0.284. The number of nitriles is 1. The maximum Gasteiger partial charge on any atom is 0.232 e. The van der Waals surface area contributed by atoms with Gasteiger partial charge in [-0.2, -0.15) is 5.26 Å². The monoisotopic (exact) mass is 404 g/mol. The molecule has 1 aliphatic rings. The summed E-state index contributed by atoms with van der Waals surface area (Å²) in [5.74, 6) is 4.24. The van der Waals surface area contributed by atoms with Gasteiger partial charge in [0.1, 0.15) is 17.7 Å². The van der Waals surface area contributed by atoms with E-state index in [9.17, 15) is 0 Å². The maximum atomic E-state index is 8.81. The van der Waals surface area contributed by atoms with Gasteiger partial charge in [-0.25, -0.2) is 15.0 Å². The highest BCUT2D eigenvalue weighted by Crippen LogP contribution is 2.44. The maximum absolute atomic E-state index is 8.81. The van der Waals surface area contributed by atoms with Crippen LogP contribution in [-0.4, -0.2) is 42.5 Å². The fourth-order valence-electron chi connectivity index (χ4n) is 4.11. The van der Waals surface area contributed by atoms with E-state index >= 15 is 0 Å². The number of ether oxygens (including phenoxy) is 1. The largest absolute Gasteiger partial charge is 0.476 e. The molecule has 3 unspecified atom stereocenters. The third-order valence-electron chi connectivity index (χ3n) is 5.70. The van der Waals surface area contributed by atoms with Gasteiger partial charge in [-0.3, -0.25) is 0 Å². The molecule has 0 amide bonds. The zero-order valence-electron chi connectivity index (χ0n) is 17.1. The summed E-state index contributed by atoms with van der Waals surface area (Å²) in [5, 5.41) is 17.6. The average Bonchev–Trinajstić information content (AvgIpc) is 3.51. The second kappa shape index (κ2) is 8.86. The zero-order valence-corrected chi connectivity index (χ0v) is 17.1. The Morgan fingerprint density at radius 3 is 2.93 bits per heavy atom. The van der Waals surface area contributed by atoms with Crippen LogP contribution in [0.1, 0.15) is 49.4 Å². The summed E-state index contributed by atoms with van der Waals surface area (Å²) in [6.45, 7) is 2.80. The number of nitrogens with zero attached hydrogens (tertiary/aromatic N) is 7. The van der Waals surface area contributed by atoms with Gasteiger partial charge in [-0.05, 0) is 36.8 Å². The van der Waals surface area contributed by atoms with Crippen molar-refractivity contribution in [2.45, 2.75) is 32.1 Å². The van der Waals surface area contributed by atoms with Crippen molar-refractivity contribution in [2.24, 2.45) is 23.9 Å². The van der Waals surface area contributed by atoms with Gasteiger partial charge in [0, 0.05) is 19.2 Å². The quantitative estimate of drug-likeness (QED) is 0.604. The van der Waals surface area contributed by atoms with Crippen LogP contribution in [0.4, 0.5) is 5.82 Å². The van der Waals surface area contributed by atoms with E-state index in [4.69, 9.17) is 10.00 Å². The molecular weight excluding hydrogens is 380 g/mol. The molecule has 0 aliphatic heterocycles. The Hall–Kier alpha value is -3.54. The van der Waals surface area contributed by atoms with Gasteiger partial charge in [-0.15, -0.1) is 10.2 Å². The van der Waals surface area contributed by atoms with Crippen molar-refractivity contribution in [3.8, 4) is 11.9 Å². The Balaban J connectivity index is 1.42. The molecule has 3 aromatic heterocycles. The van der Waals surface area contributed by atoms with Crippen molar-refractivity contribution in [3.63, 3.8) is 0 Å². The number of nitrogens with one attached hydrogen (secondary N) is 1. The number of aromatic nitrogens is 6. The summed E-state index contributed by atoms with van der Waals surface area (Å²) in [7, 11) is 1.99. The molecule has 3 heterocycles. The van der Waals surface area contributed by atoms with Gasteiger partial charge in [0.25, 0.3) is 0 Å². The highest BCUT2D eigenvalue weighted by molar-refractivity contribution is 5.77. The smallest absolute Gasteiger partial charge is 0.232 e. The van der Waals surface area contributed by atoms with Crippen LogP contribution in [0, 0.1) is 23.2 Å². The van der Waals surface area contributed by atoms with Gasteiger partial charge in [-0.1, -0.05) is 13.3 Å². The number of rotatable bonds is 7. The topological polar surface area (TPSA) is 118 Å². The highest BCUT2D eigenvalue weighted by atomic mass is 16.5. The van der Waals surface area contributed by atoms with Crippen molar-refractivity contribution < 1.29 is 4.74 Å². The number of aromatic amines is 1. The van der Waals surface area contributed by atoms with Crippen LogP contribution in [0.2, 0.25) is 0 Å². The lowest BCUT2D eigenvalue weighted by Crippen LogP contribution is -2.12. The second-order valence-corrected chi connectivity index (χ2v) is 7.56. The van der Waals surface area contributed by atoms with Gasteiger partial charge >= 0.3 is 0 Å². The minimum Gasteiger partial charge on any atom is -0.476 e. The predicted octanol–water partition coefficient (Wildman–Crippen LogP) is 3.15. The van der Waals surface area contributed by atoms with Crippen LogP contribution >= 0.6 is 0 Å². The van der Waals surface area contributed by atoms with Crippen LogP contribution in [-0.2, 0) is 7.05 Å². The molecule has 1 N–H and O–H groups in total. The van der Waals surface area contributed by atoms with Gasteiger partial charge in [0.15, 0.2) is 11.5 Å². The summed E-state index contributed by atoms with van der Waals surface area (Å²) in [6.07, 6.45) is 9.65. The summed E-state index contributed by atoms with van der Waals surface area (Å²) in [6, 6.07) is 5.77. The number of hydrogen-bond acceptors (Lipinski definition) is 7. The number of hydrogen-bond donors (Lipinski definition) is 1. The van der Waals surface area contributed by atoms with Crippen LogP contribution in [0.15, 0.2) is 35.7 Å². The Kier molecular flexibility index (Phi) is 5.84.